The van der Waals surface area contributed by atoms with Gasteiger partial charge in [0.25, 0.3) is 0 Å². The smallest absolute Gasteiger partial charge is 0.0701 e. The lowest BCUT2D eigenvalue weighted by Gasteiger charge is -2.34. The van der Waals surface area contributed by atoms with Gasteiger partial charge in [-0.05, 0) is 52.7 Å². The molecule has 0 spiro atoms. The third-order valence-corrected chi connectivity index (χ3v) is 5.80. The summed E-state index contributed by atoms with van der Waals surface area (Å²) in [6.07, 6.45) is 5.33. The number of hydrogen-bond acceptors (Lipinski definition) is 2. The Hall–Kier alpha value is 0.140. The van der Waals surface area contributed by atoms with Crippen molar-refractivity contribution in [2.75, 3.05) is 6.54 Å². The molecule has 3 unspecified atom stereocenters. The molecular formula is C14H22BrNS. The van der Waals surface area contributed by atoms with E-state index in [1.165, 1.54) is 27.9 Å². The molecule has 2 rings (SSSR count). The van der Waals surface area contributed by atoms with Crippen molar-refractivity contribution in [1.82, 2.24) is 5.32 Å². The summed E-state index contributed by atoms with van der Waals surface area (Å²) in [7, 11) is 0. The van der Waals surface area contributed by atoms with Crippen molar-refractivity contribution in [3.63, 3.8) is 0 Å². The molecule has 3 heteroatoms. The minimum atomic E-state index is 0.738. The van der Waals surface area contributed by atoms with Crippen molar-refractivity contribution >= 4 is 27.3 Å². The lowest BCUT2D eigenvalue weighted by molar-refractivity contribution is 0.208. The van der Waals surface area contributed by atoms with Crippen molar-refractivity contribution in [3.05, 3.63) is 20.8 Å². The van der Waals surface area contributed by atoms with Crippen molar-refractivity contribution in [2.24, 2.45) is 11.8 Å². The molecule has 0 aliphatic heterocycles. The fourth-order valence-electron chi connectivity index (χ4n) is 2.74. The van der Waals surface area contributed by atoms with Crippen LogP contribution in [0.1, 0.15) is 38.0 Å². The molecule has 1 nitrogen and oxygen atoms in total. The van der Waals surface area contributed by atoms with Crippen LogP contribution in [-0.4, -0.2) is 12.6 Å². The van der Waals surface area contributed by atoms with Crippen LogP contribution in [0.4, 0.5) is 0 Å². The van der Waals surface area contributed by atoms with Crippen LogP contribution in [0.2, 0.25) is 0 Å². The van der Waals surface area contributed by atoms with E-state index in [1.807, 2.05) is 11.3 Å². The molecule has 17 heavy (non-hydrogen) atoms. The zero-order valence-corrected chi connectivity index (χ0v) is 13.1. The highest BCUT2D eigenvalue weighted by atomic mass is 79.9. The molecule has 96 valence electrons. The second kappa shape index (κ2) is 6.35. The van der Waals surface area contributed by atoms with E-state index in [0.717, 1.165) is 30.8 Å². The molecule has 0 saturated heterocycles. The van der Waals surface area contributed by atoms with E-state index in [0.29, 0.717) is 0 Å². The van der Waals surface area contributed by atoms with Crippen LogP contribution >= 0.6 is 27.3 Å². The molecule has 1 heterocycles. The third kappa shape index (κ3) is 3.80. The van der Waals surface area contributed by atoms with Gasteiger partial charge >= 0.3 is 0 Å². The fraction of sp³-hybridized carbons (Fsp3) is 0.714. The summed E-state index contributed by atoms with van der Waals surface area (Å²) in [4.78, 5) is 1.47. The number of nitrogens with one attached hydrogen (secondary N) is 1. The molecule has 1 aliphatic rings. The molecule has 0 bridgehead atoms. The predicted octanol–water partition coefficient (Wildman–Crippen LogP) is 4.47. The van der Waals surface area contributed by atoms with Gasteiger partial charge in [0, 0.05) is 17.5 Å². The molecule has 1 N–H and O–H groups in total. The standard InChI is InChI=1S/C14H22BrNS/c1-10-4-3-5-13(11(10)2)16-9-8-12-6-7-14(15)17-12/h6-7,10-11,13,16H,3-5,8-9H2,1-2H3. The zero-order valence-electron chi connectivity index (χ0n) is 10.7. The van der Waals surface area contributed by atoms with Gasteiger partial charge in [-0.15, -0.1) is 11.3 Å². The van der Waals surface area contributed by atoms with Crippen LogP contribution in [0.15, 0.2) is 15.9 Å². The number of halogens is 1. The van der Waals surface area contributed by atoms with E-state index >= 15 is 0 Å². The fourth-order valence-corrected chi connectivity index (χ4v) is 4.22. The molecule has 0 aromatic carbocycles. The molecule has 1 aromatic heterocycles. The SMILES string of the molecule is CC1CCCC(NCCc2ccc(Br)s2)C1C. The first-order valence-corrected chi connectivity index (χ1v) is 8.25. The average molecular weight is 316 g/mol. The average Bonchev–Trinajstić information content (AvgIpc) is 2.70. The Morgan fingerprint density at radius 2 is 2.18 bits per heavy atom. The van der Waals surface area contributed by atoms with E-state index in [-0.39, 0.29) is 0 Å². The van der Waals surface area contributed by atoms with Crippen LogP contribution in [0.25, 0.3) is 0 Å². The predicted molar refractivity (Wildman–Crippen MR) is 79.7 cm³/mol. The summed E-state index contributed by atoms with van der Waals surface area (Å²) in [5.74, 6) is 1.72. The lowest BCUT2D eigenvalue weighted by Crippen LogP contribution is -2.41. The molecular weight excluding hydrogens is 294 g/mol. The maximum atomic E-state index is 3.75. The minimum Gasteiger partial charge on any atom is -0.313 e. The van der Waals surface area contributed by atoms with Crippen molar-refractivity contribution in [2.45, 2.75) is 45.6 Å². The van der Waals surface area contributed by atoms with Gasteiger partial charge in [0.2, 0.25) is 0 Å². The first kappa shape index (κ1) is 13.6. The summed E-state index contributed by atoms with van der Waals surface area (Å²) >= 11 is 5.37. The second-order valence-electron chi connectivity index (χ2n) is 5.28. The van der Waals surface area contributed by atoms with Gasteiger partial charge in [0.05, 0.1) is 3.79 Å². The number of hydrogen-bond donors (Lipinski definition) is 1. The quantitative estimate of drug-likeness (QED) is 0.864. The third-order valence-electron chi connectivity index (χ3n) is 4.11. The number of rotatable bonds is 4. The maximum absolute atomic E-state index is 3.75. The minimum absolute atomic E-state index is 0.738. The van der Waals surface area contributed by atoms with Crippen LogP contribution in [0.5, 0.6) is 0 Å². The summed E-state index contributed by atoms with van der Waals surface area (Å²) in [6, 6.07) is 5.11. The first-order valence-electron chi connectivity index (χ1n) is 6.64. The zero-order chi connectivity index (χ0) is 12.3. The van der Waals surface area contributed by atoms with Gasteiger partial charge in [-0.25, -0.2) is 0 Å². The van der Waals surface area contributed by atoms with E-state index in [2.05, 4.69) is 47.2 Å². The van der Waals surface area contributed by atoms with E-state index in [4.69, 9.17) is 0 Å². The Morgan fingerprint density at radius 1 is 1.35 bits per heavy atom. The van der Waals surface area contributed by atoms with Gasteiger partial charge in [-0.1, -0.05) is 26.7 Å². The molecule has 1 aliphatic carbocycles. The monoisotopic (exact) mass is 315 g/mol. The summed E-state index contributed by atoms with van der Waals surface area (Å²) < 4.78 is 1.24. The highest BCUT2D eigenvalue weighted by Gasteiger charge is 2.26. The van der Waals surface area contributed by atoms with Gasteiger partial charge in [0.1, 0.15) is 0 Å². The van der Waals surface area contributed by atoms with Gasteiger partial charge < -0.3 is 5.32 Å². The molecule has 0 amide bonds. The Balaban J connectivity index is 1.74. The van der Waals surface area contributed by atoms with Crippen LogP contribution in [0.3, 0.4) is 0 Å². The van der Waals surface area contributed by atoms with Gasteiger partial charge in [-0.3, -0.25) is 0 Å². The maximum Gasteiger partial charge on any atom is 0.0701 e. The Morgan fingerprint density at radius 3 is 2.88 bits per heavy atom. The number of thiophene rings is 1. The highest BCUT2D eigenvalue weighted by Crippen LogP contribution is 2.29. The normalized spacial score (nSPS) is 29.5. The molecule has 0 radical (unpaired) electrons. The van der Waals surface area contributed by atoms with Crippen LogP contribution < -0.4 is 5.32 Å². The molecule has 1 saturated carbocycles. The van der Waals surface area contributed by atoms with E-state index < -0.39 is 0 Å². The van der Waals surface area contributed by atoms with E-state index in [9.17, 15) is 0 Å². The molecule has 1 fully saturated rings. The molecule has 3 atom stereocenters. The largest absolute Gasteiger partial charge is 0.313 e. The van der Waals surface area contributed by atoms with Gasteiger partial charge in [-0.2, -0.15) is 0 Å². The lowest BCUT2D eigenvalue weighted by atomic mass is 9.78. The second-order valence-corrected chi connectivity index (χ2v) is 7.83. The molecule has 1 aromatic rings. The van der Waals surface area contributed by atoms with Crippen LogP contribution in [0, 0.1) is 11.8 Å². The van der Waals surface area contributed by atoms with Crippen molar-refractivity contribution in [3.8, 4) is 0 Å². The van der Waals surface area contributed by atoms with Crippen molar-refractivity contribution in [1.29, 1.82) is 0 Å². The summed E-state index contributed by atoms with van der Waals surface area (Å²) in [5.41, 5.74) is 0. The van der Waals surface area contributed by atoms with Gasteiger partial charge in [0.15, 0.2) is 0 Å². The Labute approximate surface area is 117 Å². The van der Waals surface area contributed by atoms with Crippen molar-refractivity contribution < 1.29 is 0 Å². The summed E-state index contributed by atoms with van der Waals surface area (Å²) in [5, 5.41) is 3.75. The van der Waals surface area contributed by atoms with Crippen LogP contribution in [-0.2, 0) is 6.42 Å². The van der Waals surface area contributed by atoms with E-state index in [1.54, 1.807) is 0 Å². The Bertz CT molecular complexity index is 350. The first-order chi connectivity index (χ1) is 8.16. The topological polar surface area (TPSA) is 12.0 Å². The highest BCUT2D eigenvalue weighted by molar-refractivity contribution is 9.11. The Kier molecular flexibility index (Phi) is 5.07. The summed E-state index contributed by atoms with van der Waals surface area (Å²) in [6.45, 7) is 5.92.